The van der Waals surface area contributed by atoms with E-state index >= 15 is 0 Å². The molecule has 1 aliphatic heterocycles. The molecule has 1 aromatic rings. The van der Waals surface area contributed by atoms with Crippen LogP contribution in [-0.2, 0) is 4.74 Å². The predicted molar refractivity (Wildman–Crippen MR) is 69.0 cm³/mol. The van der Waals surface area contributed by atoms with E-state index in [2.05, 4.69) is 34.5 Å². The maximum atomic E-state index is 6.05. The first-order valence-corrected chi connectivity index (χ1v) is 7.24. The molecular formula is C10H14INO2S. The van der Waals surface area contributed by atoms with E-state index in [0.29, 0.717) is 0 Å². The first kappa shape index (κ1) is 11.6. The van der Waals surface area contributed by atoms with Crippen LogP contribution in [0.4, 0.5) is 0 Å². The third-order valence-corrected chi connectivity index (χ3v) is 5.30. The van der Waals surface area contributed by atoms with Gasteiger partial charge in [-0.3, -0.25) is 0 Å². The van der Waals surface area contributed by atoms with Crippen molar-refractivity contribution in [3.05, 3.63) is 11.1 Å². The van der Waals surface area contributed by atoms with Gasteiger partial charge < -0.3 is 9.47 Å². The fraction of sp³-hybridized carbons (Fsp3) is 0.700. The van der Waals surface area contributed by atoms with Gasteiger partial charge in [-0.15, -0.1) is 0 Å². The van der Waals surface area contributed by atoms with Gasteiger partial charge in [-0.05, 0) is 19.8 Å². The summed E-state index contributed by atoms with van der Waals surface area (Å²) in [4.78, 5) is 5.35. The van der Waals surface area contributed by atoms with Crippen molar-refractivity contribution in [2.24, 2.45) is 0 Å². The van der Waals surface area contributed by atoms with Gasteiger partial charge in [0.15, 0.2) is 0 Å². The van der Waals surface area contributed by atoms with Crippen molar-refractivity contribution in [2.45, 2.75) is 31.5 Å². The van der Waals surface area contributed by atoms with Crippen molar-refractivity contribution >= 4 is 33.9 Å². The van der Waals surface area contributed by atoms with Gasteiger partial charge in [0.2, 0.25) is 0 Å². The van der Waals surface area contributed by atoms with Crippen molar-refractivity contribution in [2.75, 3.05) is 11.5 Å². The normalized spacial score (nSPS) is 30.7. The molecule has 1 fully saturated rings. The lowest BCUT2D eigenvalue weighted by Gasteiger charge is -2.21. The molecule has 0 radical (unpaired) electrons. The van der Waals surface area contributed by atoms with Crippen molar-refractivity contribution in [3.63, 3.8) is 0 Å². The van der Waals surface area contributed by atoms with Gasteiger partial charge in [-0.25, -0.2) is 4.98 Å². The lowest BCUT2D eigenvalue weighted by molar-refractivity contribution is -0.00945. The number of hydrogen-bond acceptors (Lipinski definition) is 4. The number of methoxy groups -OCH3 is 1. The van der Waals surface area contributed by atoms with Crippen LogP contribution < -0.4 is 4.74 Å². The number of nitrogens with zero attached hydrogens (tertiary/aromatic N) is 1. The average molecular weight is 339 g/mol. The van der Waals surface area contributed by atoms with Crippen molar-refractivity contribution < 1.29 is 9.47 Å². The Labute approximate surface area is 107 Å². The maximum Gasteiger partial charge on any atom is 0.273 e. The Morgan fingerprint density at radius 3 is 3.13 bits per heavy atom. The SMILES string of the molecule is COc1ncc(C2CCC(C)(CI)O2)s1. The number of halogens is 1. The van der Waals surface area contributed by atoms with Gasteiger partial charge in [0.25, 0.3) is 5.19 Å². The Morgan fingerprint density at radius 1 is 1.80 bits per heavy atom. The zero-order chi connectivity index (χ0) is 10.9. The molecule has 3 nitrogen and oxygen atoms in total. The summed E-state index contributed by atoms with van der Waals surface area (Å²) in [6.45, 7) is 2.18. The third-order valence-electron chi connectivity index (χ3n) is 2.64. The van der Waals surface area contributed by atoms with Crippen LogP contribution in [0.1, 0.15) is 30.7 Å². The molecule has 1 aliphatic rings. The van der Waals surface area contributed by atoms with Crippen LogP contribution in [-0.4, -0.2) is 22.1 Å². The van der Waals surface area contributed by atoms with E-state index in [1.54, 1.807) is 18.4 Å². The standard InChI is InChI=1S/C10H14INO2S/c1-10(6-11)4-3-7(14-10)8-5-12-9(13-2)15-8/h5,7H,3-4,6H2,1-2H3. The first-order chi connectivity index (χ1) is 7.17. The summed E-state index contributed by atoms with van der Waals surface area (Å²) in [6, 6.07) is 0. The molecule has 5 heteroatoms. The molecule has 0 aromatic carbocycles. The van der Waals surface area contributed by atoms with E-state index in [-0.39, 0.29) is 11.7 Å². The Hall–Kier alpha value is 0.120. The smallest absolute Gasteiger partial charge is 0.273 e. The highest BCUT2D eigenvalue weighted by Gasteiger charge is 2.36. The van der Waals surface area contributed by atoms with Crippen LogP contribution in [0.2, 0.25) is 0 Å². The zero-order valence-electron chi connectivity index (χ0n) is 8.83. The minimum absolute atomic E-state index is 0.0441. The number of hydrogen-bond donors (Lipinski definition) is 0. The van der Waals surface area contributed by atoms with E-state index < -0.39 is 0 Å². The summed E-state index contributed by atoms with van der Waals surface area (Å²) in [7, 11) is 1.65. The number of alkyl halides is 1. The molecular weight excluding hydrogens is 325 g/mol. The molecule has 0 spiro atoms. The Morgan fingerprint density at radius 2 is 2.60 bits per heavy atom. The van der Waals surface area contributed by atoms with Gasteiger partial charge in [-0.2, -0.15) is 0 Å². The van der Waals surface area contributed by atoms with E-state index in [9.17, 15) is 0 Å². The fourth-order valence-electron chi connectivity index (χ4n) is 1.71. The van der Waals surface area contributed by atoms with Gasteiger partial charge in [0.05, 0.1) is 23.7 Å². The Bertz CT molecular complexity index is 344. The van der Waals surface area contributed by atoms with Gasteiger partial charge in [-0.1, -0.05) is 33.9 Å². The van der Waals surface area contributed by atoms with E-state index in [4.69, 9.17) is 9.47 Å². The molecule has 1 saturated heterocycles. The highest BCUT2D eigenvalue weighted by atomic mass is 127. The van der Waals surface area contributed by atoms with Crippen molar-refractivity contribution in [1.29, 1.82) is 0 Å². The summed E-state index contributed by atoms with van der Waals surface area (Å²) in [5.41, 5.74) is 0.0441. The molecule has 1 aromatic heterocycles. The van der Waals surface area contributed by atoms with E-state index in [1.807, 2.05) is 6.20 Å². The largest absolute Gasteiger partial charge is 0.473 e. The summed E-state index contributed by atoms with van der Waals surface area (Å²) in [5.74, 6) is 0. The third kappa shape index (κ3) is 2.45. The molecule has 15 heavy (non-hydrogen) atoms. The number of thiazole rings is 1. The van der Waals surface area contributed by atoms with Crippen LogP contribution in [0.5, 0.6) is 5.19 Å². The number of rotatable bonds is 3. The van der Waals surface area contributed by atoms with Crippen molar-refractivity contribution in [1.82, 2.24) is 4.98 Å². The van der Waals surface area contributed by atoms with Gasteiger partial charge in [0, 0.05) is 10.6 Å². The van der Waals surface area contributed by atoms with Crippen LogP contribution in [0.3, 0.4) is 0 Å². The molecule has 0 bridgehead atoms. The summed E-state index contributed by atoms with van der Waals surface area (Å²) in [5, 5.41) is 0.719. The zero-order valence-corrected chi connectivity index (χ0v) is 11.8. The van der Waals surface area contributed by atoms with Crippen LogP contribution in [0, 0.1) is 0 Å². The predicted octanol–water partition coefficient (Wildman–Crippen LogP) is 3.20. The average Bonchev–Trinajstić information content (AvgIpc) is 2.84. The Kier molecular flexibility index (Phi) is 3.52. The molecule has 2 heterocycles. The second-order valence-electron chi connectivity index (χ2n) is 3.96. The molecule has 0 saturated carbocycles. The molecule has 2 unspecified atom stereocenters. The summed E-state index contributed by atoms with van der Waals surface area (Å²) < 4.78 is 12.2. The molecule has 84 valence electrons. The molecule has 0 N–H and O–H groups in total. The van der Waals surface area contributed by atoms with Gasteiger partial charge in [0.1, 0.15) is 0 Å². The van der Waals surface area contributed by atoms with E-state index in [0.717, 1.165) is 22.5 Å². The van der Waals surface area contributed by atoms with Gasteiger partial charge >= 0.3 is 0 Å². The topological polar surface area (TPSA) is 31.4 Å². The van der Waals surface area contributed by atoms with Crippen LogP contribution in [0.15, 0.2) is 6.20 Å². The van der Waals surface area contributed by atoms with Crippen molar-refractivity contribution in [3.8, 4) is 5.19 Å². The lowest BCUT2D eigenvalue weighted by atomic mass is 10.1. The maximum absolute atomic E-state index is 6.05. The first-order valence-electron chi connectivity index (χ1n) is 4.90. The second kappa shape index (κ2) is 4.55. The molecule has 2 atom stereocenters. The number of aromatic nitrogens is 1. The molecule has 0 aliphatic carbocycles. The van der Waals surface area contributed by atoms with Crippen LogP contribution >= 0.6 is 33.9 Å². The van der Waals surface area contributed by atoms with Crippen LogP contribution in [0.25, 0.3) is 0 Å². The Balaban J connectivity index is 2.07. The minimum atomic E-state index is 0.0441. The second-order valence-corrected chi connectivity index (χ2v) is 5.75. The molecule has 2 rings (SSSR count). The summed E-state index contributed by atoms with van der Waals surface area (Å²) >= 11 is 3.97. The monoisotopic (exact) mass is 339 g/mol. The fourth-order valence-corrected chi connectivity index (χ4v) is 3.06. The minimum Gasteiger partial charge on any atom is -0.473 e. The molecule has 0 amide bonds. The summed E-state index contributed by atoms with van der Waals surface area (Å²) in [6.07, 6.45) is 4.30. The quantitative estimate of drug-likeness (QED) is 0.626. The lowest BCUT2D eigenvalue weighted by Crippen LogP contribution is -2.24. The number of ether oxygens (including phenoxy) is 2. The highest BCUT2D eigenvalue weighted by Crippen LogP contribution is 2.42. The van der Waals surface area contributed by atoms with E-state index in [1.165, 1.54) is 4.88 Å². The highest BCUT2D eigenvalue weighted by molar-refractivity contribution is 14.1.